The van der Waals surface area contributed by atoms with Gasteiger partial charge < -0.3 is 24.8 Å². The van der Waals surface area contributed by atoms with Crippen LogP contribution in [0.2, 0.25) is 0 Å². The minimum atomic E-state index is -0.185. The molecule has 1 unspecified atom stereocenters. The second-order valence-electron chi connectivity index (χ2n) is 4.93. The third-order valence-electron chi connectivity index (χ3n) is 3.35. The van der Waals surface area contributed by atoms with Crippen molar-refractivity contribution in [3.63, 3.8) is 0 Å². The third kappa shape index (κ3) is 4.72. The highest BCUT2D eigenvalue weighted by Crippen LogP contribution is 2.39. The van der Waals surface area contributed by atoms with Gasteiger partial charge in [0, 0.05) is 6.54 Å². The Balaban J connectivity index is 2.84. The van der Waals surface area contributed by atoms with Gasteiger partial charge in [-0.2, -0.15) is 0 Å². The summed E-state index contributed by atoms with van der Waals surface area (Å²) >= 11 is 0. The molecule has 2 amide bonds. The number of hydrogen-bond donors (Lipinski definition) is 2. The van der Waals surface area contributed by atoms with Crippen molar-refractivity contribution in [1.82, 2.24) is 10.6 Å². The van der Waals surface area contributed by atoms with Crippen molar-refractivity contribution in [2.45, 2.75) is 32.7 Å². The predicted molar refractivity (Wildman–Crippen MR) is 86.0 cm³/mol. The summed E-state index contributed by atoms with van der Waals surface area (Å²) in [5, 5.41) is 5.72. The summed E-state index contributed by atoms with van der Waals surface area (Å²) < 4.78 is 15.9. The maximum absolute atomic E-state index is 11.8. The maximum Gasteiger partial charge on any atom is 0.315 e. The molecule has 1 rings (SSSR count). The minimum Gasteiger partial charge on any atom is -0.493 e. The quantitative estimate of drug-likeness (QED) is 0.724. The Bertz CT molecular complexity index is 466. The number of benzene rings is 1. The Hall–Kier alpha value is -2.11. The first-order valence-electron chi connectivity index (χ1n) is 7.41. The van der Waals surface area contributed by atoms with Gasteiger partial charge in [0.1, 0.15) is 0 Å². The number of urea groups is 1. The molecule has 124 valence electrons. The SMILES string of the molecule is CCCCNC(=O)NC(C)c1cc(OC)c(OC)c(OC)c1. The standard InChI is InChI=1S/C16H26N2O4/c1-6-7-8-17-16(19)18-11(2)12-9-13(20-3)15(22-5)14(10-12)21-4/h9-11H,6-8H2,1-5H3,(H2,17,18,19). The highest BCUT2D eigenvalue weighted by molar-refractivity contribution is 5.74. The van der Waals surface area contributed by atoms with Crippen molar-refractivity contribution < 1.29 is 19.0 Å². The van der Waals surface area contributed by atoms with Gasteiger partial charge >= 0.3 is 6.03 Å². The van der Waals surface area contributed by atoms with Crippen LogP contribution in [-0.4, -0.2) is 33.9 Å². The molecule has 22 heavy (non-hydrogen) atoms. The van der Waals surface area contributed by atoms with E-state index < -0.39 is 0 Å². The van der Waals surface area contributed by atoms with Gasteiger partial charge in [0.25, 0.3) is 0 Å². The van der Waals surface area contributed by atoms with E-state index in [1.54, 1.807) is 21.3 Å². The largest absolute Gasteiger partial charge is 0.493 e. The number of methoxy groups -OCH3 is 3. The lowest BCUT2D eigenvalue weighted by atomic mass is 10.1. The van der Waals surface area contributed by atoms with E-state index in [-0.39, 0.29) is 12.1 Å². The fourth-order valence-corrected chi connectivity index (χ4v) is 2.06. The van der Waals surface area contributed by atoms with Crippen LogP contribution in [0.4, 0.5) is 4.79 Å². The molecule has 2 N–H and O–H groups in total. The van der Waals surface area contributed by atoms with Crippen LogP contribution < -0.4 is 24.8 Å². The van der Waals surface area contributed by atoms with Crippen molar-refractivity contribution >= 4 is 6.03 Å². The van der Waals surface area contributed by atoms with Gasteiger partial charge in [0.05, 0.1) is 27.4 Å². The summed E-state index contributed by atoms with van der Waals surface area (Å²) in [7, 11) is 4.69. The van der Waals surface area contributed by atoms with Crippen LogP contribution in [0.3, 0.4) is 0 Å². The second-order valence-corrected chi connectivity index (χ2v) is 4.93. The van der Waals surface area contributed by atoms with E-state index >= 15 is 0 Å². The fourth-order valence-electron chi connectivity index (χ4n) is 2.06. The molecule has 1 aromatic rings. The van der Waals surface area contributed by atoms with E-state index in [0.29, 0.717) is 23.8 Å². The monoisotopic (exact) mass is 310 g/mol. The van der Waals surface area contributed by atoms with E-state index in [0.717, 1.165) is 18.4 Å². The van der Waals surface area contributed by atoms with Crippen molar-refractivity contribution in [3.05, 3.63) is 17.7 Å². The summed E-state index contributed by atoms with van der Waals surface area (Å²) in [5.74, 6) is 1.67. The maximum atomic E-state index is 11.8. The molecule has 0 radical (unpaired) electrons. The molecule has 6 nitrogen and oxygen atoms in total. The van der Waals surface area contributed by atoms with Gasteiger partial charge in [-0.1, -0.05) is 13.3 Å². The van der Waals surface area contributed by atoms with E-state index in [1.807, 2.05) is 19.1 Å². The van der Waals surface area contributed by atoms with Crippen molar-refractivity contribution in [1.29, 1.82) is 0 Å². The summed E-state index contributed by atoms with van der Waals surface area (Å²) in [6, 6.07) is 3.29. The molecule has 0 aromatic heterocycles. The minimum absolute atomic E-state index is 0.185. The number of nitrogens with one attached hydrogen (secondary N) is 2. The normalized spacial score (nSPS) is 11.5. The fraction of sp³-hybridized carbons (Fsp3) is 0.562. The molecular formula is C16H26N2O4. The number of carbonyl (C=O) groups is 1. The van der Waals surface area contributed by atoms with Gasteiger partial charge in [0.2, 0.25) is 5.75 Å². The Labute approximate surface area is 132 Å². The predicted octanol–water partition coefficient (Wildman–Crippen LogP) is 2.87. The third-order valence-corrected chi connectivity index (χ3v) is 3.35. The molecule has 1 atom stereocenters. The topological polar surface area (TPSA) is 68.8 Å². The first-order valence-corrected chi connectivity index (χ1v) is 7.41. The van der Waals surface area contributed by atoms with Crippen LogP contribution in [0.5, 0.6) is 17.2 Å². The van der Waals surface area contributed by atoms with E-state index in [1.165, 1.54) is 0 Å². The van der Waals surface area contributed by atoms with Gasteiger partial charge in [-0.15, -0.1) is 0 Å². The molecule has 0 spiro atoms. The van der Waals surface area contributed by atoms with Crippen LogP contribution in [-0.2, 0) is 0 Å². The Kier molecular flexibility index (Phi) is 7.36. The Morgan fingerprint density at radius 1 is 1.14 bits per heavy atom. The molecule has 0 aliphatic rings. The summed E-state index contributed by atoms with van der Waals surface area (Å²) in [5.41, 5.74) is 0.875. The molecule has 0 aliphatic heterocycles. The van der Waals surface area contributed by atoms with Gasteiger partial charge in [-0.25, -0.2) is 4.79 Å². The van der Waals surface area contributed by atoms with Crippen LogP contribution in [0.25, 0.3) is 0 Å². The molecule has 0 heterocycles. The first-order chi connectivity index (χ1) is 10.6. The highest BCUT2D eigenvalue weighted by atomic mass is 16.5. The van der Waals surface area contributed by atoms with E-state index in [2.05, 4.69) is 17.6 Å². The molecular weight excluding hydrogens is 284 g/mol. The molecule has 0 saturated carbocycles. The van der Waals surface area contributed by atoms with Crippen molar-refractivity contribution in [2.24, 2.45) is 0 Å². The van der Waals surface area contributed by atoms with E-state index in [9.17, 15) is 4.79 Å². The van der Waals surface area contributed by atoms with Crippen molar-refractivity contribution in [2.75, 3.05) is 27.9 Å². The zero-order chi connectivity index (χ0) is 16.5. The zero-order valence-electron chi connectivity index (χ0n) is 14.0. The molecule has 1 aromatic carbocycles. The molecule has 0 saturated heterocycles. The lowest BCUT2D eigenvalue weighted by molar-refractivity contribution is 0.237. The Morgan fingerprint density at radius 2 is 1.73 bits per heavy atom. The smallest absolute Gasteiger partial charge is 0.315 e. The number of ether oxygens (including phenoxy) is 3. The average Bonchev–Trinajstić information content (AvgIpc) is 2.53. The van der Waals surface area contributed by atoms with Crippen molar-refractivity contribution in [3.8, 4) is 17.2 Å². The summed E-state index contributed by atoms with van der Waals surface area (Å²) in [6.45, 7) is 4.66. The highest BCUT2D eigenvalue weighted by Gasteiger charge is 2.17. The van der Waals surface area contributed by atoms with E-state index in [4.69, 9.17) is 14.2 Å². The molecule has 0 aliphatic carbocycles. The number of unbranched alkanes of at least 4 members (excludes halogenated alkanes) is 1. The van der Waals surface area contributed by atoms with Crippen LogP contribution >= 0.6 is 0 Å². The Morgan fingerprint density at radius 3 is 2.18 bits per heavy atom. The van der Waals surface area contributed by atoms with Crippen LogP contribution in [0.15, 0.2) is 12.1 Å². The molecule has 6 heteroatoms. The number of carbonyl (C=O) groups excluding carboxylic acids is 1. The number of rotatable bonds is 8. The van der Waals surface area contributed by atoms with Gasteiger partial charge in [-0.05, 0) is 31.0 Å². The summed E-state index contributed by atoms with van der Waals surface area (Å²) in [4.78, 5) is 11.8. The average molecular weight is 310 g/mol. The lowest BCUT2D eigenvalue weighted by Crippen LogP contribution is -2.37. The van der Waals surface area contributed by atoms with Crippen LogP contribution in [0.1, 0.15) is 38.3 Å². The zero-order valence-corrected chi connectivity index (χ0v) is 14.0. The van der Waals surface area contributed by atoms with Gasteiger partial charge in [0.15, 0.2) is 11.5 Å². The number of hydrogen-bond acceptors (Lipinski definition) is 4. The second kappa shape index (κ2) is 9.02. The molecule has 0 bridgehead atoms. The van der Waals surface area contributed by atoms with Gasteiger partial charge in [-0.3, -0.25) is 0 Å². The first kappa shape index (κ1) is 17.9. The number of amides is 2. The summed E-state index contributed by atoms with van der Waals surface area (Å²) in [6.07, 6.45) is 2.01. The van der Waals surface area contributed by atoms with Crippen LogP contribution in [0, 0.1) is 0 Å². The lowest BCUT2D eigenvalue weighted by Gasteiger charge is -2.19. The molecule has 0 fully saturated rings.